The van der Waals surface area contributed by atoms with Crippen LogP contribution in [0.25, 0.3) is 0 Å². The second-order valence-corrected chi connectivity index (χ2v) is 6.20. The topological polar surface area (TPSA) is 28.2 Å². The van der Waals surface area contributed by atoms with Crippen LogP contribution in [0.15, 0.2) is 11.6 Å². The first-order chi connectivity index (χ1) is 8.74. The van der Waals surface area contributed by atoms with Crippen LogP contribution in [-0.4, -0.2) is 34.6 Å². The number of hydrogen-bond donors (Lipinski definition) is 1. The van der Waals surface area contributed by atoms with Crippen LogP contribution in [-0.2, 0) is 6.54 Å². The van der Waals surface area contributed by atoms with Gasteiger partial charge in [-0.1, -0.05) is 20.8 Å². The van der Waals surface area contributed by atoms with Crippen molar-refractivity contribution < 1.29 is 0 Å². The van der Waals surface area contributed by atoms with E-state index < -0.39 is 0 Å². The van der Waals surface area contributed by atoms with Crippen LogP contribution in [0.3, 0.4) is 0 Å². The Kier molecular flexibility index (Phi) is 4.76. The van der Waals surface area contributed by atoms with Gasteiger partial charge in [0.25, 0.3) is 0 Å². The lowest BCUT2D eigenvalue weighted by atomic mass is 9.87. The van der Waals surface area contributed by atoms with Gasteiger partial charge < -0.3 is 5.32 Å². The van der Waals surface area contributed by atoms with Gasteiger partial charge in [0, 0.05) is 36.2 Å². The summed E-state index contributed by atoms with van der Waals surface area (Å²) in [6.45, 7) is 10.2. The molecule has 0 aromatic carbocycles. The fourth-order valence-corrected chi connectivity index (χ4v) is 3.55. The lowest BCUT2D eigenvalue weighted by molar-refractivity contribution is 0.0237. The third-order valence-electron chi connectivity index (χ3n) is 4.45. The van der Waals surface area contributed by atoms with Crippen molar-refractivity contribution in [2.75, 3.05) is 13.1 Å². The summed E-state index contributed by atoms with van der Waals surface area (Å²) in [5.74, 6) is 0. The number of hydrogen-bond acceptors (Lipinski definition) is 4. The van der Waals surface area contributed by atoms with Gasteiger partial charge in [0.15, 0.2) is 0 Å². The highest BCUT2D eigenvalue weighted by atomic mass is 32.1. The second kappa shape index (κ2) is 6.13. The first-order valence-corrected chi connectivity index (χ1v) is 7.98. The lowest BCUT2D eigenvalue weighted by Gasteiger charge is -2.49. The largest absolute Gasteiger partial charge is 0.311 e. The molecule has 0 radical (unpaired) electrons. The average molecular weight is 267 g/mol. The predicted molar refractivity (Wildman–Crippen MR) is 77.9 cm³/mol. The monoisotopic (exact) mass is 267 g/mol. The number of nitrogens with one attached hydrogen (secondary N) is 1. The van der Waals surface area contributed by atoms with E-state index in [9.17, 15) is 0 Å². The average Bonchev–Trinajstić information content (AvgIpc) is 2.92. The van der Waals surface area contributed by atoms with Gasteiger partial charge in [-0.15, -0.1) is 11.3 Å². The SMILES string of the molecule is CCC1CN(Cc2nccs2)C(CC)(CC)CN1. The standard InChI is InChI=1S/C14H25N3S/c1-4-12-9-17(10-13-15-7-8-18-13)14(5-2,6-3)11-16-12/h7-8,12,16H,4-6,9-11H2,1-3H3. The smallest absolute Gasteiger partial charge is 0.107 e. The van der Waals surface area contributed by atoms with E-state index in [1.807, 2.05) is 6.20 Å². The van der Waals surface area contributed by atoms with Crippen LogP contribution >= 0.6 is 11.3 Å². The third kappa shape index (κ3) is 2.76. The Balaban J connectivity index is 2.13. The molecule has 4 heteroatoms. The lowest BCUT2D eigenvalue weighted by Crippen LogP contribution is -2.63. The fraction of sp³-hybridized carbons (Fsp3) is 0.786. The molecule has 1 atom stereocenters. The van der Waals surface area contributed by atoms with Crippen molar-refractivity contribution in [3.05, 3.63) is 16.6 Å². The zero-order chi connectivity index (χ0) is 13.0. The number of nitrogens with zero attached hydrogens (tertiary/aromatic N) is 2. The molecule has 1 saturated heterocycles. The zero-order valence-electron chi connectivity index (χ0n) is 11.8. The molecule has 1 aromatic rings. The van der Waals surface area contributed by atoms with Gasteiger partial charge in [0.05, 0.1) is 6.54 Å². The fourth-order valence-electron chi connectivity index (χ4n) is 2.92. The molecule has 0 spiro atoms. The minimum atomic E-state index is 0.317. The van der Waals surface area contributed by atoms with Crippen LogP contribution in [0.2, 0.25) is 0 Å². The molecule has 1 aliphatic rings. The number of rotatable bonds is 5. The summed E-state index contributed by atoms with van der Waals surface area (Å²) in [6.07, 6.45) is 5.54. The van der Waals surface area contributed by atoms with E-state index in [1.165, 1.54) is 24.3 Å². The van der Waals surface area contributed by atoms with Gasteiger partial charge in [0.2, 0.25) is 0 Å². The minimum absolute atomic E-state index is 0.317. The van der Waals surface area contributed by atoms with Crippen LogP contribution in [0, 0.1) is 0 Å². The van der Waals surface area contributed by atoms with Gasteiger partial charge in [-0.3, -0.25) is 4.90 Å². The Bertz CT molecular complexity index is 346. The number of piperazine rings is 1. The normalized spacial score (nSPS) is 24.3. The molecule has 102 valence electrons. The first-order valence-electron chi connectivity index (χ1n) is 7.11. The van der Waals surface area contributed by atoms with Crippen LogP contribution < -0.4 is 5.32 Å². The molecule has 0 saturated carbocycles. The van der Waals surface area contributed by atoms with Crippen molar-refractivity contribution >= 4 is 11.3 Å². The van der Waals surface area contributed by atoms with Gasteiger partial charge in [-0.2, -0.15) is 0 Å². The van der Waals surface area contributed by atoms with E-state index in [0.717, 1.165) is 19.6 Å². The highest BCUT2D eigenvalue weighted by Gasteiger charge is 2.38. The van der Waals surface area contributed by atoms with Crippen molar-refractivity contribution in [1.82, 2.24) is 15.2 Å². The molecular weight excluding hydrogens is 242 g/mol. The van der Waals surface area contributed by atoms with Gasteiger partial charge >= 0.3 is 0 Å². The Labute approximate surface area is 115 Å². The predicted octanol–water partition coefficient (Wildman–Crippen LogP) is 2.89. The van der Waals surface area contributed by atoms with Crippen LogP contribution in [0.5, 0.6) is 0 Å². The van der Waals surface area contributed by atoms with Crippen molar-refractivity contribution in [1.29, 1.82) is 0 Å². The van der Waals surface area contributed by atoms with Crippen LogP contribution in [0.1, 0.15) is 45.0 Å². The molecule has 1 aromatic heterocycles. The number of thiazole rings is 1. The Morgan fingerprint density at radius 2 is 2.22 bits per heavy atom. The van der Waals surface area contributed by atoms with Crippen LogP contribution in [0.4, 0.5) is 0 Å². The van der Waals surface area contributed by atoms with E-state index in [4.69, 9.17) is 0 Å². The zero-order valence-corrected chi connectivity index (χ0v) is 12.6. The van der Waals surface area contributed by atoms with E-state index in [-0.39, 0.29) is 0 Å². The summed E-state index contributed by atoms with van der Waals surface area (Å²) >= 11 is 1.77. The van der Waals surface area contributed by atoms with E-state index in [1.54, 1.807) is 11.3 Å². The summed E-state index contributed by atoms with van der Waals surface area (Å²) in [5, 5.41) is 7.04. The highest BCUT2D eigenvalue weighted by Crippen LogP contribution is 2.29. The van der Waals surface area contributed by atoms with Gasteiger partial charge in [-0.05, 0) is 19.3 Å². The molecular formula is C14H25N3S. The van der Waals surface area contributed by atoms with Crippen molar-refractivity contribution in [2.45, 2.75) is 58.2 Å². The summed E-state index contributed by atoms with van der Waals surface area (Å²) in [5.41, 5.74) is 0.317. The first kappa shape index (κ1) is 14.0. The van der Waals surface area contributed by atoms with Gasteiger partial charge in [-0.25, -0.2) is 4.98 Å². The Hall–Kier alpha value is -0.450. The Morgan fingerprint density at radius 1 is 1.44 bits per heavy atom. The Morgan fingerprint density at radius 3 is 2.78 bits per heavy atom. The molecule has 0 aliphatic carbocycles. The molecule has 1 N–H and O–H groups in total. The summed E-state index contributed by atoms with van der Waals surface area (Å²) in [6, 6.07) is 0.635. The maximum absolute atomic E-state index is 4.45. The maximum atomic E-state index is 4.45. The minimum Gasteiger partial charge on any atom is -0.311 e. The van der Waals surface area contributed by atoms with Crippen molar-refractivity contribution in [3.63, 3.8) is 0 Å². The van der Waals surface area contributed by atoms with Crippen molar-refractivity contribution in [3.8, 4) is 0 Å². The molecule has 2 rings (SSSR count). The molecule has 2 heterocycles. The summed E-state index contributed by atoms with van der Waals surface area (Å²) in [4.78, 5) is 7.11. The number of aromatic nitrogens is 1. The van der Waals surface area contributed by atoms with E-state index in [0.29, 0.717) is 11.6 Å². The summed E-state index contributed by atoms with van der Waals surface area (Å²) < 4.78 is 0. The third-order valence-corrected chi connectivity index (χ3v) is 5.21. The molecule has 1 fully saturated rings. The molecule has 0 bridgehead atoms. The second-order valence-electron chi connectivity index (χ2n) is 5.22. The maximum Gasteiger partial charge on any atom is 0.107 e. The summed E-state index contributed by atoms with van der Waals surface area (Å²) in [7, 11) is 0. The molecule has 18 heavy (non-hydrogen) atoms. The molecule has 0 amide bonds. The van der Waals surface area contributed by atoms with E-state index >= 15 is 0 Å². The highest BCUT2D eigenvalue weighted by molar-refractivity contribution is 7.09. The molecule has 3 nitrogen and oxygen atoms in total. The quantitative estimate of drug-likeness (QED) is 0.889. The van der Waals surface area contributed by atoms with Gasteiger partial charge in [0.1, 0.15) is 5.01 Å². The molecule has 1 unspecified atom stereocenters. The van der Waals surface area contributed by atoms with E-state index in [2.05, 4.69) is 41.4 Å². The molecule has 1 aliphatic heterocycles. The van der Waals surface area contributed by atoms with Crippen molar-refractivity contribution in [2.24, 2.45) is 0 Å².